The average Bonchev–Trinajstić information content (AvgIpc) is 2.34. The van der Waals surface area contributed by atoms with Crippen molar-refractivity contribution in [3.05, 3.63) is 17.5 Å². The highest BCUT2D eigenvalue weighted by Gasteiger charge is 2.13. The van der Waals surface area contributed by atoms with Crippen LogP contribution in [0.25, 0.3) is 0 Å². The standard InChI is InChI=1S/C8H10FN3.2ClH/c1-3-6(4-10)7-5(2)11-8(9)12-7;;/h1,6H,4,10H2,2H3,(H,11,12);2*1H. The molecule has 0 aliphatic carbocycles. The second-order valence-electron chi connectivity index (χ2n) is 2.48. The average molecular weight is 240 g/mol. The first-order chi connectivity index (χ1) is 5.69. The van der Waals surface area contributed by atoms with Gasteiger partial charge in [0.05, 0.1) is 17.3 Å². The van der Waals surface area contributed by atoms with Crippen molar-refractivity contribution < 1.29 is 4.39 Å². The zero-order valence-electron chi connectivity index (χ0n) is 7.58. The summed E-state index contributed by atoms with van der Waals surface area (Å²) in [5.41, 5.74) is 6.55. The molecule has 0 spiro atoms. The maximum atomic E-state index is 12.5. The normalized spacial score (nSPS) is 10.7. The number of hydrogen-bond acceptors (Lipinski definition) is 2. The summed E-state index contributed by atoms with van der Waals surface area (Å²) in [6.07, 6.45) is 4.58. The van der Waals surface area contributed by atoms with Gasteiger partial charge in [0.15, 0.2) is 0 Å². The largest absolute Gasteiger partial charge is 0.329 e. The second-order valence-corrected chi connectivity index (χ2v) is 2.48. The highest BCUT2D eigenvalue weighted by Crippen LogP contribution is 2.14. The summed E-state index contributed by atoms with van der Waals surface area (Å²) in [4.78, 5) is 6.00. The van der Waals surface area contributed by atoms with E-state index >= 15 is 0 Å². The van der Waals surface area contributed by atoms with Crippen LogP contribution in [0.5, 0.6) is 0 Å². The third-order valence-electron chi connectivity index (χ3n) is 1.68. The number of rotatable bonds is 2. The van der Waals surface area contributed by atoms with Crippen LogP contribution in [-0.2, 0) is 0 Å². The summed E-state index contributed by atoms with van der Waals surface area (Å²) < 4.78 is 12.5. The first-order valence-corrected chi connectivity index (χ1v) is 3.57. The van der Waals surface area contributed by atoms with Gasteiger partial charge in [0, 0.05) is 6.54 Å². The van der Waals surface area contributed by atoms with Crippen LogP contribution in [0.2, 0.25) is 0 Å². The van der Waals surface area contributed by atoms with Gasteiger partial charge in [0.2, 0.25) is 0 Å². The van der Waals surface area contributed by atoms with Crippen molar-refractivity contribution in [2.45, 2.75) is 12.8 Å². The molecule has 3 nitrogen and oxygen atoms in total. The molecular weight excluding hydrogens is 228 g/mol. The molecule has 1 atom stereocenters. The lowest BCUT2D eigenvalue weighted by Crippen LogP contribution is -2.11. The van der Waals surface area contributed by atoms with Gasteiger partial charge in [-0.1, -0.05) is 5.92 Å². The van der Waals surface area contributed by atoms with Gasteiger partial charge in [-0.05, 0) is 6.92 Å². The SMILES string of the molecule is C#CC(CN)c1[nH]c(F)nc1C.Cl.Cl. The second kappa shape index (κ2) is 6.66. The van der Waals surface area contributed by atoms with E-state index in [1.54, 1.807) is 6.92 Å². The Labute approximate surface area is 94.5 Å². The third kappa shape index (κ3) is 3.18. The Morgan fingerprint density at radius 3 is 2.50 bits per heavy atom. The molecule has 0 saturated heterocycles. The summed E-state index contributed by atoms with van der Waals surface area (Å²) in [7, 11) is 0. The van der Waals surface area contributed by atoms with Crippen molar-refractivity contribution in [2.24, 2.45) is 5.73 Å². The molecule has 1 rings (SSSR count). The number of imidazole rings is 1. The molecule has 0 fully saturated rings. The van der Waals surface area contributed by atoms with Crippen molar-refractivity contribution in [1.29, 1.82) is 0 Å². The van der Waals surface area contributed by atoms with E-state index in [1.807, 2.05) is 0 Å². The van der Waals surface area contributed by atoms with E-state index in [0.717, 1.165) is 0 Å². The van der Waals surface area contributed by atoms with E-state index in [-0.39, 0.29) is 30.7 Å². The molecule has 1 aromatic rings. The predicted molar refractivity (Wildman–Crippen MR) is 58.4 cm³/mol. The molecule has 14 heavy (non-hydrogen) atoms. The van der Waals surface area contributed by atoms with Gasteiger partial charge in [-0.15, -0.1) is 31.2 Å². The molecule has 0 bridgehead atoms. The summed E-state index contributed by atoms with van der Waals surface area (Å²) in [5.74, 6) is 2.18. The molecule has 80 valence electrons. The maximum absolute atomic E-state index is 12.5. The zero-order valence-corrected chi connectivity index (χ0v) is 9.21. The third-order valence-corrected chi connectivity index (χ3v) is 1.68. The number of nitrogens with two attached hydrogens (primary N) is 1. The monoisotopic (exact) mass is 239 g/mol. The van der Waals surface area contributed by atoms with Gasteiger partial charge in [-0.2, -0.15) is 4.39 Å². The van der Waals surface area contributed by atoms with Gasteiger partial charge in [0.25, 0.3) is 6.08 Å². The minimum absolute atomic E-state index is 0. The van der Waals surface area contributed by atoms with Gasteiger partial charge >= 0.3 is 0 Å². The molecule has 1 unspecified atom stereocenters. The summed E-state index contributed by atoms with van der Waals surface area (Å²) >= 11 is 0. The summed E-state index contributed by atoms with van der Waals surface area (Å²) in [6, 6.07) is 0. The smallest absolute Gasteiger partial charge is 0.287 e. The number of aromatic amines is 1. The minimum Gasteiger partial charge on any atom is -0.329 e. The fourth-order valence-electron chi connectivity index (χ4n) is 1.05. The van der Waals surface area contributed by atoms with Crippen LogP contribution in [0, 0.1) is 25.3 Å². The lowest BCUT2D eigenvalue weighted by molar-refractivity contribution is 0.548. The Morgan fingerprint density at radius 2 is 2.21 bits per heavy atom. The van der Waals surface area contributed by atoms with Gasteiger partial charge < -0.3 is 10.7 Å². The summed E-state index contributed by atoms with van der Waals surface area (Å²) in [6.45, 7) is 1.98. The molecule has 0 aliphatic rings. The van der Waals surface area contributed by atoms with Gasteiger partial charge in [-0.3, -0.25) is 0 Å². The molecule has 0 saturated carbocycles. The maximum Gasteiger partial charge on any atom is 0.287 e. The molecular formula is C8H12Cl2FN3. The van der Waals surface area contributed by atoms with Crippen molar-refractivity contribution in [1.82, 2.24) is 9.97 Å². The molecule has 1 aromatic heterocycles. The molecule has 0 aliphatic heterocycles. The van der Waals surface area contributed by atoms with Crippen molar-refractivity contribution in [2.75, 3.05) is 6.54 Å². The quantitative estimate of drug-likeness (QED) is 0.767. The number of halogens is 3. The van der Waals surface area contributed by atoms with Crippen LogP contribution in [0.3, 0.4) is 0 Å². The lowest BCUT2D eigenvalue weighted by Gasteiger charge is -2.04. The molecule has 1 heterocycles. The minimum atomic E-state index is -0.615. The Kier molecular flexibility index (Phi) is 7.47. The molecule has 0 aromatic carbocycles. The van der Waals surface area contributed by atoms with Crippen LogP contribution in [0.4, 0.5) is 4.39 Å². The Morgan fingerprint density at radius 1 is 1.64 bits per heavy atom. The first kappa shape index (κ1) is 15.7. The molecule has 0 amide bonds. The highest BCUT2D eigenvalue weighted by atomic mass is 35.5. The number of nitrogens with zero attached hydrogens (tertiary/aromatic N) is 1. The number of H-pyrrole nitrogens is 1. The Bertz CT molecular complexity index is 319. The van der Waals surface area contributed by atoms with Crippen LogP contribution >= 0.6 is 24.8 Å². The van der Waals surface area contributed by atoms with E-state index in [2.05, 4.69) is 15.9 Å². The summed E-state index contributed by atoms with van der Waals surface area (Å²) in [5, 5.41) is 0. The Hall–Kier alpha value is -0.760. The fourth-order valence-corrected chi connectivity index (χ4v) is 1.05. The number of nitrogens with one attached hydrogen (secondary N) is 1. The van der Waals surface area contributed by atoms with Crippen molar-refractivity contribution >= 4 is 24.8 Å². The number of aromatic nitrogens is 2. The van der Waals surface area contributed by atoms with Crippen LogP contribution in [0.1, 0.15) is 17.3 Å². The molecule has 0 radical (unpaired) electrons. The van der Waals surface area contributed by atoms with E-state index in [9.17, 15) is 4.39 Å². The first-order valence-electron chi connectivity index (χ1n) is 3.57. The van der Waals surface area contributed by atoms with Crippen molar-refractivity contribution in [3.63, 3.8) is 0 Å². The van der Waals surface area contributed by atoms with Crippen LogP contribution in [0.15, 0.2) is 0 Å². The van der Waals surface area contributed by atoms with Crippen LogP contribution < -0.4 is 5.73 Å². The molecule has 6 heteroatoms. The predicted octanol–water partition coefficient (Wildman–Crippen LogP) is 1.38. The number of hydrogen-bond donors (Lipinski definition) is 2. The fraction of sp³-hybridized carbons (Fsp3) is 0.375. The van der Waals surface area contributed by atoms with E-state index in [0.29, 0.717) is 17.9 Å². The van der Waals surface area contributed by atoms with Gasteiger partial charge in [0.1, 0.15) is 0 Å². The van der Waals surface area contributed by atoms with E-state index in [1.165, 1.54) is 0 Å². The Balaban J connectivity index is 0. The topological polar surface area (TPSA) is 54.7 Å². The zero-order chi connectivity index (χ0) is 9.14. The lowest BCUT2D eigenvalue weighted by atomic mass is 10.1. The van der Waals surface area contributed by atoms with Crippen molar-refractivity contribution in [3.8, 4) is 12.3 Å². The number of terminal acetylenes is 1. The van der Waals surface area contributed by atoms with Crippen LogP contribution in [-0.4, -0.2) is 16.5 Å². The highest BCUT2D eigenvalue weighted by molar-refractivity contribution is 5.85. The van der Waals surface area contributed by atoms with Gasteiger partial charge in [-0.25, -0.2) is 4.98 Å². The van der Waals surface area contributed by atoms with E-state index < -0.39 is 6.08 Å². The number of aryl methyl sites for hydroxylation is 1. The van der Waals surface area contributed by atoms with E-state index in [4.69, 9.17) is 12.2 Å². The molecule has 3 N–H and O–H groups in total.